The highest BCUT2D eigenvalue weighted by atomic mass is 31.0. The van der Waals surface area contributed by atoms with Crippen molar-refractivity contribution in [3.63, 3.8) is 0 Å². The maximum absolute atomic E-state index is 3.35. The molecule has 0 rings (SSSR count). The number of rotatable bonds is 22. The van der Waals surface area contributed by atoms with Crippen LogP contribution in [-0.4, -0.2) is 5.16 Å². The predicted octanol–water partition coefficient (Wildman–Crippen LogP) is 10.4. The maximum Gasteiger partial charge on any atom is -0.0150 e. The van der Waals surface area contributed by atoms with E-state index in [1.807, 2.05) is 0 Å². The van der Waals surface area contributed by atoms with E-state index in [0.717, 1.165) is 0 Å². The van der Waals surface area contributed by atoms with Crippen LogP contribution in [0.5, 0.6) is 0 Å². The second kappa shape index (κ2) is 23.6. The van der Waals surface area contributed by atoms with E-state index in [9.17, 15) is 0 Å². The number of unbranched alkanes of at least 4 members (excludes halogenated alkanes) is 16. The van der Waals surface area contributed by atoms with Gasteiger partial charge in [-0.1, -0.05) is 143 Å². The van der Waals surface area contributed by atoms with E-state index in [4.69, 9.17) is 0 Å². The second-order valence-corrected chi connectivity index (χ2v) is 10.5. The predicted molar refractivity (Wildman–Crippen MR) is 134 cm³/mol. The minimum atomic E-state index is 0. The molecule has 0 bridgehead atoms. The molecule has 0 saturated heterocycles. The fraction of sp³-hybridized carbons (Fsp3) is 1.00. The molecule has 1 unspecified atom stereocenters. The quantitative estimate of drug-likeness (QED) is 0.121. The summed E-state index contributed by atoms with van der Waals surface area (Å²) in [5.74, 6) is 0. The van der Waals surface area contributed by atoms with Gasteiger partial charge in [-0.2, -0.15) is 0 Å². The van der Waals surface area contributed by atoms with E-state index in [0.29, 0.717) is 5.16 Å². The van der Waals surface area contributed by atoms with Gasteiger partial charge in [0.15, 0.2) is 0 Å². The molecule has 0 aliphatic rings. The van der Waals surface area contributed by atoms with E-state index in [1.165, 1.54) is 141 Å². The molecule has 0 aromatic heterocycles. The number of hydrogen-bond donors (Lipinski definition) is 0. The van der Waals surface area contributed by atoms with Crippen molar-refractivity contribution in [2.45, 2.75) is 167 Å². The minimum absolute atomic E-state index is 0. The third-order valence-corrected chi connectivity index (χ3v) is 7.20. The van der Waals surface area contributed by atoms with Crippen molar-refractivity contribution >= 4 is 9.24 Å². The smallest absolute Gasteiger partial charge is 0.0150 e. The zero-order valence-electron chi connectivity index (χ0n) is 20.0. The van der Waals surface area contributed by atoms with Crippen LogP contribution in [0.3, 0.4) is 0 Å². The lowest BCUT2D eigenvalue weighted by molar-refractivity contribution is 0.402. The molecule has 0 heterocycles. The first-order chi connectivity index (χ1) is 13.2. The average Bonchev–Trinajstić information content (AvgIpc) is 2.67. The van der Waals surface area contributed by atoms with Gasteiger partial charge in [0.1, 0.15) is 0 Å². The van der Waals surface area contributed by atoms with Gasteiger partial charge in [0.25, 0.3) is 0 Å². The highest BCUT2D eigenvalue weighted by Gasteiger charge is 2.23. The first kappa shape index (κ1) is 30.6. The molecular weight excluding hydrogens is 362 g/mol. The molecule has 1 atom stereocenters. The van der Waals surface area contributed by atoms with Gasteiger partial charge >= 0.3 is 0 Å². The Hall–Kier alpha value is 0.360. The summed E-state index contributed by atoms with van der Waals surface area (Å²) in [5, 5.41) is 0.554. The SMILES string of the molecule is CCCCCCCCCC(P)(CCCCCCCC)CCCCCCCC.F. The maximum atomic E-state index is 3.35. The molecule has 0 aliphatic heterocycles. The van der Waals surface area contributed by atoms with Gasteiger partial charge in [0.05, 0.1) is 0 Å². The largest absolute Gasteiger partial charge is 0.269 e. The Labute approximate surface area is 181 Å². The standard InChI is InChI=1S/C26H55P.FH/c1-4-7-10-13-16-19-22-25-26(27,23-20-17-14-11-8-5-2)24-21-18-15-12-9-6-3;/h4-25,27H2,1-3H3;1H. The molecule has 0 saturated carbocycles. The summed E-state index contributed by atoms with van der Waals surface area (Å²) >= 11 is 0. The molecule has 0 N–H and O–H groups in total. The fourth-order valence-electron chi connectivity index (χ4n) is 4.32. The zero-order valence-corrected chi connectivity index (χ0v) is 21.2. The van der Waals surface area contributed by atoms with Crippen molar-refractivity contribution in [2.75, 3.05) is 0 Å². The third kappa shape index (κ3) is 21.1. The van der Waals surface area contributed by atoms with Crippen LogP contribution in [0.15, 0.2) is 0 Å². The molecule has 0 amide bonds. The summed E-state index contributed by atoms with van der Waals surface area (Å²) in [6, 6.07) is 0. The van der Waals surface area contributed by atoms with Crippen molar-refractivity contribution in [2.24, 2.45) is 0 Å². The summed E-state index contributed by atoms with van der Waals surface area (Å²) in [6.45, 7) is 6.94. The highest BCUT2D eigenvalue weighted by molar-refractivity contribution is 7.19. The van der Waals surface area contributed by atoms with Crippen molar-refractivity contribution in [3.05, 3.63) is 0 Å². The lowest BCUT2D eigenvalue weighted by Gasteiger charge is -2.30. The van der Waals surface area contributed by atoms with Crippen LogP contribution >= 0.6 is 9.24 Å². The summed E-state index contributed by atoms with van der Waals surface area (Å²) in [5.41, 5.74) is 0. The summed E-state index contributed by atoms with van der Waals surface area (Å²) in [4.78, 5) is 0. The summed E-state index contributed by atoms with van der Waals surface area (Å²) in [7, 11) is 3.35. The molecule has 172 valence electrons. The molecule has 0 fully saturated rings. The van der Waals surface area contributed by atoms with E-state index < -0.39 is 0 Å². The molecule has 0 radical (unpaired) electrons. The van der Waals surface area contributed by atoms with E-state index >= 15 is 0 Å². The van der Waals surface area contributed by atoms with Gasteiger partial charge in [-0.15, -0.1) is 9.24 Å². The second-order valence-electron chi connectivity index (χ2n) is 9.27. The van der Waals surface area contributed by atoms with Crippen molar-refractivity contribution in [1.82, 2.24) is 0 Å². The van der Waals surface area contributed by atoms with E-state index in [1.54, 1.807) is 0 Å². The van der Waals surface area contributed by atoms with Gasteiger partial charge < -0.3 is 0 Å². The lowest BCUT2D eigenvalue weighted by atomic mass is 9.88. The first-order valence-electron chi connectivity index (χ1n) is 13.0. The van der Waals surface area contributed by atoms with E-state index in [-0.39, 0.29) is 4.70 Å². The van der Waals surface area contributed by atoms with Crippen molar-refractivity contribution in [3.8, 4) is 0 Å². The van der Waals surface area contributed by atoms with Crippen LogP contribution in [0.2, 0.25) is 0 Å². The summed E-state index contributed by atoms with van der Waals surface area (Å²) < 4.78 is 0. The van der Waals surface area contributed by atoms with Crippen LogP contribution in [0.25, 0.3) is 0 Å². The Bertz CT molecular complexity index is 264. The molecule has 0 aliphatic carbocycles. The highest BCUT2D eigenvalue weighted by Crippen LogP contribution is 2.37. The summed E-state index contributed by atoms with van der Waals surface area (Å²) in [6.07, 6.45) is 31.7. The minimum Gasteiger partial charge on any atom is -0.269 e. The molecule has 0 spiro atoms. The molecule has 0 aromatic rings. The number of hydrogen-bond acceptors (Lipinski definition) is 0. The topological polar surface area (TPSA) is 0 Å². The van der Waals surface area contributed by atoms with Crippen LogP contribution < -0.4 is 0 Å². The van der Waals surface area contributed by atoms with E-state index in [2.05, 4.69) is 30.0 Å². The Morgan fingerprint density at radius 1 is 0.393 bits per heavy atom. The van der Waals surface area contributed by atoms with Crippen LogP contribution in [0.4, 0.5) is 4.70 Å². The Balaban J connectivity index is 0. The monoisotopic (exact) mass is 418 g/mol. The van der Waals surface area contributed by atoms with Crippen LogP contribution in [0, 0.1) is 0 Å². The third-order valence-electron chi connectivity index (χ3n) is 6.33. The fourth-order valence-corrected chi connectivity index (χ4v) is 4.94. The van der Waals surface area contributed by atoms with Gasteiger partial charge in [0.2, 0.25) is 0 Å². The van der Waals surface area contributed by atoms with Gasteiger partial charge in [-0.05, 0) is 24.4 Å². The van der Waals surface area contributed by atoms with Crippen molar-refractivity contribution in [1.29, 1.82) is 0 Å². The number of halogens is 1. The molecule has 0 aromatic carbocycles. The molecule has 0 nitrogen and oxygen atoms in total. The lowest BCUT2D eigenvalue weighted by Crippen LogP contribution is -2.20. The molecule has 28 heavy (non-hydrogen) atoms. The Morgan fingerprint density at radius 3 is 0.857 bits per heavy atom. The first-order valence-corrected chi connectivity index (χ1v) is 13.5. The zero-order chi connectivity index (χ0) is 20.1. The average molecular weight is 419 g/mol. The van der Waals surface area contributed by atoms with Gasteiger partial charge in [0, 0.05) is 0 Å². The van der Waals surface area contributed by atoms with Crippen LogP contribution in [0.1, 0.15) is 162 Å². The van der Waals surface area contributed by atoms with Gasteiger partial charge in [-0.3, -0.25) is 4.70 Å². The van der Waals surface area contributed by atoms with Crippen LogP contribution in [-0.2, 0) is 0 Å². The van der Waals surface area contributed by atoms with Gasteiger partial charge in [-0.25, -0.2) is 0 Å². The normalized spacial score (nSPS) is 11.6. The Morgan fingerprint density at radius 2 is 0.607 bits per heavy atom. The molecule has 2 heteroatoms. The Kier molecular flexibility index (Phi) is 25.8. The van der Waals surface area contributed by atoms with Crippen molar-refractivity contribution < 1.29 is 4.70 Å². The molecular formula is C26H56FP.